The minimum atomic E-state index is -0.287. The number of ether oxygens (including phenoxy) is 2. The number of methoxy groups -OCH3 is 1. The van der Waals surface area contributed by atoms with Crippen molar-refractivity contribution in [1.82, 2.24) is 15.1 Å². The molecule has 1 fully saturated rings. The minimum Gasteiger partial charge on any atom is -0.497 e. The van der Waals surface area contributed by atoms with E-state index in [-0.39, 0.29) is 17.2 Å². The summed E-state index contributed by atoms with van der Waals surface area (Å²) < 4.78 is 11.9. The van der Waals surface area contributed by atoms with E-state index >= 15 is 0 Å². The van der Waals surface area contributed by atoms with Gasteiger partial charge in [-0.05, 0) is 18.2 Å². The second kappa shape index (κ2) is 9.72. The lowest BCUT2D eigenvalue weighted by Crippen LogP contribution is -3.14. The average molecular weight is 423 g/mol. The minimum absolute atomic E-state index is 0.233. The second-order valence-electron chi connectivity index (χ2n) is 7.53. The molecule has 1 aliphatic heterocycles. The molecule has 0 unspecified atom stereocenters. The van der Waals surface area contributed by atoms with Gasteiger partial charge in [0.25, 0.3) is 11.5 Å². The predicted molar refractivity (Wildman–Crippen MR) is 117 cm³/mol. The maximum atomic E-state index is 13.1. The average Bonchev–Trinajstić information content (AvgIpc) is 2.83. The van der Waals surface area contributed by atoms with Gasteiger partial charge in [0.15, 0.2) is 5.69 Å². The Morgan fingerprint density at radius 2 is 1.94 bits per heavy atom. The van der Waals surface area contributed by atoms with Crippen molar-refractivity contribution in [2.24, 2.45) is 0 Å². The molecule has 3 aromatic rings. The van der Waals surface area contributed by atoms with Crippen molar-refractivity contribution < 1.29 is 19.2 Å². The largest absolute Gasteiger partial charge is 0.497 e. The first-order valence-electron chi connectivity index (χ1n) is 10.5. The maximum absolute atomic E-state index is 13.1. The number of hydrogen-bond donors (Lipinski definition) is 2. The van der Waals surface area contributed by atoms with Gasteiger partial charge in [-0.1, -0.05) is 24.3 Å². The third kappa shape index (κ3) is 4.76. The molecule has 2 N–H and O–H groups in total. The van der Waals surface area contributed by atoms with E-state index in [0.717, 1.165) is 39.3 Å². The fraction of sp³-hybridized carbons (Fsp3) is 0.348. The lowest BCUT2D eigenvalue weighted by Gasteiger charge is -2.23. The highest BCUT2D eigenvalue weighted by Gasteiger charge is 2.18. The summed E-state index contributed by atoms with van der Waals surface area (Å²) in [7, 11) is 1.56. The Morgan fingerprint density at radius 1 is 1.16 bits per heavy atom. The van der Waals surface area contributed by atoms with Crippen LogP contribution in [-0.4, -0.2) is 62.2 Å². The number of nitrogens with one attached hydrogen (secondary N) is 2. The van der Waals surface area contributed by atoms with Crippen LogP contribution in [0.15, 0.2) is 53.3 Å². The normalized spacial score (nSPS) is 14.5. The van der Waals surface area contributed by atoms with Crippen molar-refractivity contribution in [2.75, 3.05) is 46.5 Å². The molecule has 1 aromatic heterocycles. The summed E-state index contributed by atoms with van der Waals surface area (Å²) in [6.07, 6.45) is 0.870. The molecule has 4 rings (SSSR count). The Kier molecular flexibility index (Phi) is 6.59. The SMILES string of the molecule is COc1cccc(-n2nc(C(=O)NCCC[NH+]3CCOCC3)c3ccccc3c2=O)c1. The molecule has 1 saturated heterocycles. The van der Waals surface area contributed by atoms with Gasteiger partial charge in [-0.3, -0.25) is 9.59 Å². The first-order valence-corrected chi connectivity index (χ1v) is 10.5. The number of quaternary nitrogens is 1. The molecule has 162 valence electrons. The van der Waals surface area contributed by atoms with Crippen LogP contribution in [0.1, 0.15) is 16.9 Å². The third-order valence-electron chi connectivity index (χ3n) is 5.51. The molecular weight excluding hydrogens is 396 g/mol. The van der Waals surface area contributed by atoms with E-state index in [1.165, 1.54) is 9.58 Å². The van der Waals surface area contributed by atoms with Crippen LogP contribution in [0.2, 0.25) is 0 Å². The summed E-state index contributed by atoms with van der Waals surface area (Å²) in [6, 6.07) is 14.1. The van der Waals surface area contributed by atoms with Crippen molar-refractivity contribution in [1.29, 1.82) is 0 Å². The number of hydrogen-bond acceptors (Lipinski definition) is 5. The summed E-state index contributed by atoms with van der Waals surface area (Å²) in [5, 5.41) is 8.39. The Labute approximate surface area is 180 Å². The van der Waals surface area contributed by atoms with Gasteiger partial charge in [-0.25, -0.2) is 0 Å². The summed E-state index contributed by atoms with van der Waals surface area (Å²) in [5.74, 6) is 0.320. The van der Waals surface area contributed by atoms with Gasteiger partial charge in [-0.2, -0.15) is 9.78 Å². The number of fused-ring (bicyclic) bond motifs is 1. The third-order valence-corrected chi connectivity index (χ3v) is 5.51. The number of carbonyl (C=O) groups excluding carboxylic acids is 1. The van der Waals surface area contributed by atoms with Gasteiger partial charge in [-0.15, -0.1) is 0 Å². The highest BCUT2D eigenvalue weighted by molar-refractivity contribution is 6.04. The van der Waals surface area contributed by atoms with E-state index in [0.29, 0.717) is 28.8 Å². The molecule has 8 nitrogen and oxygen atoms in total. The number of nitrogens with zero attached hydrogens (tertiary/aromatic N) is 2. The highest BCUT2D eigenvalue weighted by Crippen LogP contribution is 2.18. The molecule has 2 aromatic carbocycles. The molecule has 0 spiro atoms. The molecule has 8 heteroatoms. The fourth-order valence-electron chi connectivity index (χ4n) is 3.81. The number of rotatable bonds is 7. The van der Waals surface area contributed by atoms with E-state index in [1.807, 2.05) is 0 Å². The van der Waals surface area contributed by atoms with Crippen LogP contribution in [0, 0.1) is 0 Å². The van der Waals surface area contributed by atoms with Gasteiger partial charge < -0.3 is 19.7 Å². The standard InChI is InChI=1S/C23H26N4O4/c1-30-18-7-4-6-17(16-18)27-23(29)20-9-3-2-8-19(20)21(25-27)22(28)24-10-5-11-26-12-14-31-15-13-26/h2-4,6-9,16H,5,10-15H2,1H3,(H,24,28)/p+1. The van der Waals surface area contributed by atoms with Crippen LogP contribution < -0.4 is 20.5 Å². The summed E-state index contributed by atoms with van der Waals surface area (Å²) in [6.45, 7) is 5.14. The molecule has 0 radical (unpaired) electrons. The molecule has 1 amide bonds. The summed E-state index contributed by atoms with van der Waals surface area (Å²) >= 11 is 0. The number of benzene rings is 2. The molecule has 0 saturated carbocycles. The Hall–Kier alpha value is -3.23. The molecule has 0 atom stereocenters. The zero-order valence-corrected chi connectivity index (χ0v) is 17.6. The monoisotopic (exact) mass is 423 g/mol. The quantitative estimate of drug-likeness (QED) is 0.539. The predicted octanol–water partition coefficient (Wildman–Crippen LogP) is 0.429. The maximum Gasteiger partial charge on any atom is 0.279 e. The number of aromatic nitrogens is 2. The smallest absolute Gasteiger partial charge is 0.279 e. The Bertz CT molecular complexity index is 1120. The van der Waals surface area contributed by atoms with Gasteiger partial charge >= 0.3 is 0 Å². The zero-order chi connectivity index (χ0) is 21.6. The van der Waals surface area contributed by atoms with E-state index in [1.54, 1.807) is 55.6 Å². The van der Waals surface area contributed by atoms with Crippen LogP contribution in [0.5, 0.6) is 5.75 Å². The van der Waals surface area contributed by atoms with Crippen molar-refractivity contribution in [2.45, 2.75) is 6.42 Å². The second-order valence-corrected chi connectivity index (χ2v) is 7.53. The molecule has 31 heavy (non-hydrogen) atoms. The summed E-state index contributed by atoms with van der Waals surface area (Å²) in [5.41, 5.74) is 0.494. The number of morpholine rings is 1. The highest BCUT2D eigenvalue weighted by atomic mass is 16.5. The van der Waals surface area contributed by atoms with Crippen LogP contribution in [0.25, 0.3) is 16.5 Å². The first-order chi connectivity index (χ1) is 15.2. The first kappa shape index (κ1) is 21.0. The fourth-order valence-corrected chi connectivity index (χ4v) is 3.81. The van der Waals surface area contributed by atoms with Gasteiger partial charge in [0.1, 0.15) is 18.8 Å². The molecule has 2 heterocycles. The van der Waals surface area contributed by atoms with Crippen molar-refractivity contribution in [3.63, 3.8) is 0 Å². The lowest BCUT2D eigenvalue weighted by atomic mass is 10.1. The van der Waals surface area contributed by atoms with E-state index in [9.17, 15) is 9.59 Å². The number of amides is 1. The van der Waals surface area contributed by atoms with E-state index < -0.39 is 0 Å². The van der Waals surface area contributed by atoms with Crippen LogP contribution in [-0.2, 0) is 4.74 Å². The van der Waals surface area contributed by atoms with Crippen molar-refractivity contribution in [3.05, 3.63) is 64.6 Å². The van der Waals surface area contributed by atoms with Crippen molar-refractivity contribution in [3.8, 4) is 11.4 Å². The molecule has 0 aliphatic carbocycles. The topological polar surface area (TPSA) is 86.9 Å². The molecule has 1 aliphatic rings. The van der Waals surface area contributed by atoms with Gasteiger partial charge in [0.2, 0.25) is 0 Å². The number of carbonyl (C=O) groups is 1. The van der Waals surface area contributed by atoms with Gasteiger partial charge in [0, 0.05) is 24.4 Å². The Morgan fingerprint density at radius 3 is 2.71 bits per heavy atom. The van der Waals surface area contributed by atoms with E-state index in [4.69, 9.17) is 9.47 Å². The van der Waals surface area contributed by atoms with Crippen molar-refractivity contribution >= 4 is 16.7 Å². The molecule has 0 bridgehead atoms. The van der Waals surface area contributed by atoms with Gasteiger partial charge in [0.05, 0.1) is 37.9 Å². The van der Waals surface area contributed by atoms with Crippen LogP contribution in [0.3, 0.4) is 0 Å². The lowest BCUT2D eigenvalue weighted by molar-refractivity contribution is -0.908. The van der Waals surface area contributed by atoms with E-state index in [2.05, 4.69) is 10.4 Å². The molecular formula is C23H27N4O4+. The Balaban J connectivity index is 1.58. The van der Waals surface area contributed by atoms with Crippen LogP contribution >= 0.6 is 0 Å². The summed E-state index contributed by atoms with van der Waals surface area (Å²) in [4.78, 5) is 27.5. The zero-order valence-electron chi connectivity index (χ0n) is 17.6. The van der Waals surface area contributed by atoms with Crippen LogP contribution in [0.4, 0.5) is 0 Å².